The van der Waals surface area contributed by atoms with Crippen LogP contribution in [0.3, 0.4) is 0 Å². The van der Waals surface area contributed by atoms with Crippen LogP contribution in [0.1, 0.15) is 53.7 Å². The minimum absolute atomic E-state index is 0.000994. The smallest absolute Gasteiger partial charge is 0.254 e. The van der Waals surface area contributed by atoms with E-state index < -0.39 is 0 Å². The third-order valence-electron chi connectivity index (χ3n) is 5.70. The van der Waals surface area contributed by atoms with Gasteiger partial charge in [0.2, 0.25) is 11.8 Å². The van der Waals surface area contributed by atoms with Crippen LogP contribution in [-0.4, -0.2) is 58.2 Å². The second kappa shape index (κ2) is 9.60. The van der Waals surface area contributed by atoms with Gasteiger partial charge >= 0.3 is 0 Å². The lowest BCUT2D eigenvalue weighted by Crippen LogP contribution is -2.39. The van der Waals surface area contributed by atoms with Crippen molar-refractivity contribution in [3.05, 3.63) is 46.5 Å². The van der Waals surface area contributed by atoms with Crippen molar-refractivity contribution in [1.29, 1.82) is 0 Å². The number of piperidine rings is 1. The number of hydrogen-bond acceptors (Lipinski definition) is 5. The van der Waals surface area contributed by atoms with Gasteiger partial charge in [-0.1, -0.05) is 17.7 Å². The van der Waals surface area contributed by atoms with Crippen molar-refractivity contribution in [3.63, 3.8) is 0 Å². The lowest BCUT2D eigenvalue weighted by Gasteiger charge is -2.26. The summed E-state index contributed by atoms with van der Waals surface area (Å²) in [5, 5.41) is 5.07. The maximum Gasteiger partial charge on any atom is 0.254 e. The highest BCUT2D eigenvalue weighted by Gasteiger charge is 2.34. The number of likely N-dealkylation sites (tertiary alicyclic amines) is 1. The average molecular weight is 441 g/mol. The van der Waals surface area contributed by atoms with Crippen LogP contribution in [0.15, 0.2) is 29.6 Å². The molecule has 0 spiro atoms. The van der Waals surface area contributed by atoms with E-state index in [1.807, 2.05) is 29.3 Å². The van der Waals surface area contributed by atoms with Gasteiger partial charge in [0.25, 0.3) is 5.91 Å². The fraction of sp³-hybridized carbons (Fsp3) is 0.478. The highest BCUT2D eigenvalue weighted by molar-refractivity contribution is 7.13. The summed E-state index contributed by atoms with van der Waals surface area (Å²) in [6, 6.07) is 7.53. The van der Waals surface area contributed by atoms with E-state index in [0.717, 1.165) is 44.3 Å². The zero-order valence-corrected chi connectivity index (χ0v) is 18.6. The predicted molar refractivity (Wildman–Crippen MR) is 120 cm³/mol. The van der Waals surface area contributed by atoms with Gasteiger partial charge in [0.05, 0.1) is 12.1 Å². The normalized spacial score (nSPS) is 16.1. The van der Waals surface area contributed by atoms with E-state index in [1.54, 1.807) is 17.0 Å². The zero-order valence-electron chi connectivity index (χ0n) is 17.8. The minimum Gasteiger partial charge on any atom is -0.342 e. The monoisotopic (exact) mass is 440 g/mol. The summed E-state index contributed by atoms with van der Waals surface area (Å²) < 4.78 is 0. The molecule has 31 heavy (non-hydrogen) atoms. The van der Waals surface area contributed by atoms with Gasteiger partial charge in [0, 0.05) is 30.1 Å². The molecular weight excluding hydrogens is 412 g/mol. The van der Waals surface area contributed by atoms with Gasteiger partial charge in [-0.2, -0.15) is 0 Å². The molecule has 4 rings (SSSR count). The Kier molecular flexibility index (Phi) is 6.65. The number of thiazole rings is 1. The van der Waals surface area contributed by atoms with Crippen LogP contribution in [0.5, 0.6) is 0 Å². The molecule has 0 radical (unpaired) electrons. The summed E-state index contributed by atoms with van der Waals surface area (Å²) in [7, 11) is 0. The van der Waals surface area contributed by atoms with Crippen molar-refractivity contribution >= 4 is 34.2 Å². The molecule has 2 heterocycles. The molecule has 1 saturated carbocycles. The van der Waals surface area contributed by atoms with Gasteiger partial charge in [-0.25, -0.2) is 4.98 Å². The highest BCUT2D eigenvalue weighted by atomic mass is 32.1. The van der Waals surface area contributed by atoms with Crippen LogP contribution in [0, 0.1) is 6.92 Å². The standard InChI is InChI=1S/C23H28N4O3S/c1-16-5-7-17(8-6-16)22(30)27(19-9-10-19)14-20(28)25-23-24-18(15-31-23)13-21(29)26-11-3-2-4-12-26/h5-8,15,19H,2-4,9-14H2,1H3,(H,24,25,28). The molecule has 2 aromatic rings. The molecule has 7 nitrogen and oxygen atoms in total. The maximum atomic E-state index is 12.9. The number of rotatable bonds is 7. The van der Waals surface area contributed by atoms with E-state index in [1.165, 1.54) is 17.8 Å². The van der Waals surface area contributed by atoms with Crippen LogP contribution < -0.4 is 5.32 Å². The predicted octanol–water partition coefficient (Wildman–Crippen LogP) is 3.25. The Morgan fingerprint density at radius 2 is 1.84 bits per heavy atom. The van der Waals surface area contributed by atoms with Gasteiger partial charge in [-0.15, -0.1) is 11.3 Å². The Balaban J connectivity index is 1.33. The first-order chi connectivity index (χ1) is 15.0. The number of carbonyl (C=O) groups excluding carboxylic acids is 3. The lowest BCUT2D eigenvalue weighted by atomic mass is 10.1. The van der Waals surface area contributed by atoms with Gasteiger partial charge in [0.1, 0.15) is 6.54 Å². The molecule has 0 atom stereocenters. The van der Waals surface area contributed by atoms with E-state index in [0.29, 0.717) is 16.4 Å². The number of anilines is 1. The number of benzene rings is 1. The molecule has 164 valence electrons. The first-order valence-electron chi connectivity index (χ1n) is 10.9. The van der Waals surface area contributed by atoms with E-state index in [2.05, 4.69) is 10.3 Å². The Bertz CT molecular complexity index is 946. The number of carbonyl (C=O) groups is 3. The fourth-order valence-corrected chi connectivity index (χ4v) is 4.51. The molecule has 2 aliphatic rings. The number of aromatic nitrogens is 1. The van der Waals surface area contributed by atoms with Crippen molar-refractivity contribution in [1.82, 2.24) is 14.8 Å². The van der Waals surface area contributed by atoms with Gasteiger partial charge in [-0.05, 0) is 51.2 Å². The molecule has 0 bridgehead atoms. The molecule has 1 aromatic carbocycles. The molecular formula is C23H28N4O3S. The third-order valence-corrected chi connectivity index (χ3v) is 6.51. The number of hydrogen-bond donors (Lipinski definition) is 1. The Hall–Kier alpha value is -2.74. The van der Waals surface area contributed by atoms with Crippen LogP contribution in [0.2, 0.25) is 0 Å². The number of amides is 3. The Morgan fingerprint density at radius 3 is 2.52 bits per heavy atom. The molecule has 3 amide bonds. The first kappa shape index (κ1) is 21.5. The number of nitrogens with zero attached hydrogens (tertiary/aromatic N) is 3. The topological polar surface area (TPSA) is 82.6 Å². The van der Waals surface area contributed by atoms with Gasteiger partial charge in [0.15, 0.2) is 5.13 Å². The molecule has 0 unspecified atom stereocenters. The average Bonchev–Trinajstić information content (AvgIpc) is 3.53. The second-order valence-corrected chi connectivity index (χ2v) is 9.20. The summed E-state index contributed by atoms with van der Waals surface area (Å²) in [5.41, 5.74) is 2.36. The van der Waals surface area contributed by atoms with E-state index in [-0.39, 0.29) is 36.7 Å². The Morgan fingerprint density at radius 1 is 1.13 bits per heavy atom. The van der Waals surface area contributed by atoms with Gasteiger partial charge in [-0.3, -0.25) is 14.4 Å². The SMILES string of the molecule is Cc1ccc(C(=O)N(CC(=O)Nc2nc(CC(=O)N3CCCCC3)cs2)C2CC2)cc1. The fourth-order valence-electron chi connectivity index (χ4n) is 3.78. The van der Waals surface area contributed by atoms with Crippen molar-refractivity contribution in [3.8, 4) is 0 Å². The minimum atomic E-state index is -0.268. The molecule has 1 aromatic heterocycles. The molecule has 1 N–H and O–H groups in total. The lowest BCUT2D eigenvalue weighted by molar-refractivity contribution is -0.131. The molecule has 1 saturated heterocycles. The number of aryl methyl sites for hydroxylation is 1. The van der Waals surface area contributed by atoms with Crippen molar-refractivity contribution in [2.24, 2.45) is 0 Å². The summed E-state index contributed by atoms with van der Waals surface area (Å²) in [6.07, 6.45) is 5.40. The third kappa shape index (κ3) is 5.70. The molecule has 8 heteroatoms. The van der Waals surface area contributed by atoms with E-state index in [4.69, 9.17) is 0 Å². The summed E-state index contributed by atoms with van der Waals surface area (Å²) in [5.74, 6) is -0.299. The second-order valence-electron chi connectivity index (χ2n) is 8.34. The van der Waals surface area contributed by atoms with Crippen LogP contribution in [0.25, 0.3) is 0 Å². The van der Waals surface area contributed by atoms with Crippen LogP contribution in [0.4, 0.5) is 5.13 Å². The van der Waals surface area contributed by atoms with Crippen molar-refractivity contribution in [2.75, 3.05) is 25.0 Å². The summed E-state index contributed by atoms with van der Waals surface area (Å²) in [6.45, 7) is 3.61. The quantitative estimate of drug-likeness (QED) is 0.717. The molecule has 2 fully saturated rings. The zero-order chi connectivity index (χ0) is 21.8. The maximum absolute atomic E-state index is 12.9. The molecule has 1 aliphatic heterocycles. The van der Waals surface area contributed by atoms with Crippen LogP contribution in [-0.2, 0) is 16.0 Å². The number of nitrogens with one attached hydrogen (secondary N) is 1. The largest absolute Gasteiger partial charge is 0.342 e. The van der Waals surface area contributed by atoms with Gasteiger partial charge < -0.3 is 15.1 Å². The van der Waals surface area contributed by atoms with Crippen molar-refractivity contribution in [2.45, 2.75) is 51.5 Å². The molecule has 1 aliphatic carbocycles. The van der Waals surface area contributed by atoms with Crippen LogP contribution >= 0.6 is 11.3 Å². The summed E-state index contributed by atoms with van der Waals surface area (Å²) >= 11 is 1.31. The van der Waals surface area contributed by atoms with E-state index in [9.17, 15) is 14.4 Å². The Labute approximate surface area is 186 Å². The van der Waals surface area contributed by atoms with Crippen molar-refractivity contribution < 1.29 is 14.4 Å². The first-order valence-corrected chi connectivity index (χ1v) is 11.8. The summed E-state index contributed by atoms with van der Waals surface area (Å²) in [4.78, 5) is 45.9. The highest BCUT2D eigenvalue weighted by Crippen LogP contribution is 2.28. The van der Waals surface area contributed by atoms with E-state index >= 15 is 0 Å².